The van der Waals surface area contributed by atoms with Crippen LogP contribution in [0.3, 0.4) is 0 Å². The highest BCUT2D eigenvalue weighted by Gasteiger charge is 2.19. The van der Waals surface area contributed by atoms with Gasteiger partial charge in [-0.1, -0.05) is 18.2 Å². The van der Waals surface area contributed by atoms with Gasteiger partial charge in [0.1, 0.15) is 17.3 Å². The molecule has 3 rings (SSSR count). The number of ether oxygens (including phenoxy) is 1. The van der Waals surface area contributed by atoms with Crippen molar-refractivity contribution in [1.29, 1.82) is 0 Å². The van der Waals surface area contributed by atoms with Crippen molar-refractivity contribution in [3.05, 3.63) is 53.8 Å². The summed E-state index contributed by atoms with van der Waals surface area (Å²) in [6, 6.07) is 11.3. The molecule has 0 saturated heterocycles. The van der Waals surface area contributed by atoms with Crippen molar-refractivity contribution in [2.75, 3.05) is 17.2 Å². The monoisotopic (exact) mass is 314 g/mol. The third-order valence-corrected chi connectivity index (χ3v) is 3.45. The standard InChI is InChI=1S/C17H15FN2O3/c18-12-4-1-3-11(9-12)7-8-15(21)19-13-5-2-6-14-17(13)20-16(22)10-23-14/h1-6,9H,7-8,10H2,(H,19,21)(H,20,22). The molecule has 6 heteroatoms. The van der Waals surface area contributed by atoms with Gasteiger partial charge in [0.15, 0.2) is 6.61 Å². The first kappa shape index (κ1) is 15.0. The lowest BCUT2D eigenvalue weighted by atomic mass is 10.1. The number of hydrogen-bond donors (Lipinski definition) is 2. The number of amides is 2. The number of rotatable bonds is 4. The summed E-state index contributed by atoms with van der Waals surface area (Å²) in [5.74, 6) is -0.283. The molecule has 0 bridgehead atoms. The largest absolute Gasteiger partial charge is 0.481 e. The number of halogens is 1. The smallest absolute Gasteiger partial charge is 0.262 e. The predicted molar refractivity (Wildman–Crippen MR) is 83.9 cm³/mol. The number of benzene rings is 2. The zero-order valence-electron chi connectivity index (χ0n) is 12.3. The Kier molecular flexibility index (Phi) is 4.23. The predicted octanol–water partition coefficient (Wildman–Crippen LogP) is 2.73. The molecule has 0 spiro atoms. The van der Waals surface area contributed by atoms with Gasteiger partial charge >= 0.3 is 0 Å². The van der Waals surface area contributed by atoms with E-state index in [-0.39, 0.29) is 30.7 Å². The van der Waals surface area contributed by atoms with Crippen molar-refractivity contribution in [2.45, 2.75) is 12.8 Å². The topological polar surface area (TPSA) is 67.4 Å². The number of aryl methyl sites for hydroxylation is 1. The van der Waals surface area contributed by atoms with Crippen LogP contribution in [0, 0.1) is 5.82 Å². The molecule has 1 heterocycles. The molecule has 2 aromatic carbocycles. The van der Waals surface area contributed by atoms with Crippen LogP contribution in [0.15, 0.2) is 42.5 Å². The van der Waals surface area contributed by atoms with Gasteiger partial charge < -0.3 is 15.4 Å². The number of carbonyl (C=O) groups excluding carboxylic acids is 2. The van der Waals surface area contributed by atoms with E-state index in [1.165, 1.54) is 12.1 Å². The van der Waals surface area contributed by atoms with E-state index in [0.717, 1.165) is 5.56 Å². The van der Waals surface area contributed by atoms with E-state index in [0.29, 0.717) is 23.5 Å². The highest BCUT2D eigenvalue weighted by atomic mass is 19.1. The average molecular weight is 314 g/mol. The summed E-state index contributed by atoms with van der Waals surface area (Å²) in [5, 5.41) is 5.43. The molecule has 1 aliphatic heterocycles. The zero-order chi connectivity index (χ0) is 16.2. The van der Waals surface area contributed by atoms with E-state index < -0.39 is 0 Å². The maximum Gasteiger partial charge on any atom is 0.262 e. The van der Waals surface area contributed by atoms with Gasteiger partial charge in [-0.05, 0) is 36.2 Å². The third kappa shape index (κ3) is 3.66. The summed E-state index contributed by atoms with van der Waals surface area (Å²) in [4.78, 5) is 23.5. The van der Waals surface area contributed by atoms with Gasteiger partial charge in [-0.3, -0.25) is 9.59 Å². The van der Waals surface area contributed by atoms with Gasteiger partial charge in [0.25, 0.3) is 5.91 Å². The maximum atomic E-state index is 13.1. The van der Waals surface area contributed by atoms with Gasteiger partial charge in [-0.25, -0.2) is 4.39 Å². The Morgan fingerprint density at radius 2 is 2.09 bits per heavy atom. The molecule has 5 nitrogen and oxygen atoms in total. The Bertz CT molecular complexity index is 761. The van der Waals surface area contributed by atoms with Crippen LogP contribution in [-0.4, -0.2) is 18.4 Å². The van der Waals surface area contributed by atoms with E-state index >= 15 is 0 Å². The Hall–Kier alpha value is -2.89. The van der Waals surface area contributed by atoms with Gasteiger partial charge in [-0.2, -0.15) is 0 Å². The van der Waals surface area contributed by atoms with Crippen molar-refractivity contribution in [3.8, 4) is 5.75 Å². The second-order valence-electron chi connectivity index (χ2n) is 5.19. The molecular formula is C17H15FN2O3. The molecule has 1 aliphatic rings. The van der Waals surface area contributed by atoms with Gasteiger partial charge in [0, 0.05) is 6.42 Å². The zero-order valence-corrected chi connectivity index (χ0v) is 12.3. The number of hydrogen-bond acceptors (Lipinski definition) is 3. The lowest BCUT2D eigenvalue weighted by Gasteiger charge is -2.20. The van der Waals surface area contributed by atoms with Crippen LogP contribution in [0.5, 0.6) is 5.75 Å². The van der Waals surface area contributed by atoms with Crippen molar-refractivity contribution in [1.82, 2.24) is 0 Å². The molecule has 0 aliphatic carbocycles. The van der Waals surface area contributed by atoms with Gasteiger partial charge in [0.05, 0.1) is 5.69 Å². The molecule has 118 valence electrons. The van der Waals surface area contributed by atoms with Crippen LogP contribution in [0.1, 0.15) is 12.0 Å². The minimum atomic E-state index is -0.320. The lowest BCUT2D eigenvalue weighted by Crippen LogP contribution is -2.26. The van der Waals surface area contributed by atoms with Crippen molar-refractivity contribution >= 4 is 23.2 Å². The fourth-order valence-corrected chi connectivity index (χ4v) is 2.37. The summed E-state index contributed by atoms with van der Waals surface area (Å²) in [6.07, 6.45) is 0.642. The van der Waals surface area contributed by atoms with Crippen molar-refractivity contribution < 1.29 is 18.7 Å². The summed E-state index contributed by atoms with van der Waals surface area (Å²) >= 11 is 0. The van der Waals surface area contributed by atoms with Crippen molar-refractivity contribution in [3.63, 3.8) is 0 Å². The van der Waals surface area contributed by atoms with Crippen molar-refractivity contribution in [2.24, 2.45) is 0 Å². The molecule has 2 aromatic rings. The van der Waals surface area contributed by atoms with E-state index in [2.05, 4.69) is 10.6 Å². The molecule has 0 atom stereocenters. The molecule has 0 saturated carbocycles. The Morgan fingerprint density at radius 1 is 1.26 bits per heavy atom. The Morgan fingerprint density at radius 3 is 2.91 bits per heavy atom. The van der Waals surface area contributed by atoms with Crippen LogP contribution in [-0.2, 0) is 16.0 Å². The summed E-state index contributed by atoms with van der Waals surface area (Å²) in [7, 11) is 0. The Balaban J connectivity index is 1.65. The minimum Gasteiger partial charge on any atom is -0.481 e. The number of para-hydroxylation sites is 1. The Labute approximate surface area is 132 Å². The van der Waals surface area contributed by atoms with Gasteiger partial charge in [0.2, 0.25) is 5.91 Å². The number of carbonyl (C=O) groups is 2. The molecule has 2 amide bonds. The fraction of sp³-hybridized carbons (Fsp3) is 0.176. The first-order valence-electron chi connectivity index (χ1n) is 7.22. The molecule has 23 heavy (non-hydrogen) atoms. The van der Waals surface area contributed by atoms with Crippen LogP contribution in [0.4, 0.5) is 15.8 Å². The van der Waals surface area contributed by atoms with E-state index in [1.807, 2.05) is 0 Å². The summed E-state index contributed by atoms with van der Waals surface area (Å²) < 4.78 is 18.4. The normalized spacial score (nSPS) is 12.8. The second-order valence-corrected chi connectivity index (χ2v) is 5.19. The van der Waals surface area contributed by atoms with Crippen LogP contribution < -0.4 is 15.4 Å². The van der Waals surface area contributed by atoms with E-state index in [9.17, 15) is 14.0 Å². The number of fused-ring (bicyclic) bond motifs is 1. The van der Waals surface area contributed by atoms with Crippen LogP contribution in [0.25, 0.3) is 0 Å². The molecule has 0 aromatic heterocycles. The fourth-order valence-electron chi connectivity index (χ4n) is 2.37. The number of nitrogens with one attached hydrogen (secondary N) is 2. The SMILES string of the molecule is O=C(CCc1cccc(F)c1)Nc1cccc2c1NC(=O)CO2. The quantitative estimate of drug-likeness (QED) is 0.912. The summed E-state index contributed by atoms with van der Waals surface area (Å²) in [5.41, 5.74) is 1.70. The minimum absolute atomic E-state index is 0.0377. The van der Waals surface area contributed by atoms with Gasteiger partial charge in [-0.15, -0.1) is 0 Å². The molecule has 0 fully saturated rings. The lowest BCUT2D eigenvalue weighted by molar-refractivity contribution is -0.119. The van der Waals surface area contributed by atoms with Crippen LogP contribution in [0.2, 0.25) is 0 Å². The second kappa shape index (κ2) is 6.48. The first-order chi connectivity index (χ1) is 11.1. The van der Waals surface area contributed by atoms with E-state index in [4.69, 9.17) is 4.74 Å². The maximum absolute atomic E-state index is 13.1. The molecule has 2 N–H and O–H groups in total. The highest BCUT2D eigenvalue weighted by molar-refractivity contribution is 6.03. The number of anilines is 2. The molecule has 0 unspecified atom stereocenters. The third-order valence-electron chi connectivity index (χ3n) is 3.45. The van der Waals surface area contributed by atoms with E-state index in [1.54, 1.807) is 30.3 Å². The summed E-state index contributed by atoms with van der Waals surface area (Å²) in [6.45, 7) is -0.0377. The highest BCUT2D eigenvalue weighted by Crippen LogP contribution is 2.34. The average Bonchev–Trinajstić information content (AvgIpc) is 2.54. The van der Waals surface area contributed by atoms with Crippen LogP contribution >= 0.6 is 0 Å². The molecule has 0 radical (unpaired) electrons. The molecular weight excluding hydrogens is 299 g/mol. The first-order valence-corrected chi connectivity index (χ1v) is 7.22.